The van der Waals surface area contributed by atoms with Gasteiger partial charge in [-0.3, -0.25) is 0 Å². The summed E-state index contributed by atoms with van der Waals surface area (Å²) in [4.78, 5) is 12.6. The molecule has 0 aliphatic rings. The van der Waals surface area contributed by atoms with Crippen molar-refractivity contribution in [1.29, 1.82) is 0 Å². The van der Waals surface area contributed by atoms with Gasteiger partial charge < -0.3 is 10.1 Å². The van der Waals surface area contributed by atoms with Gasteiger partial charge in [0.15, 0.2) is 0 Å². The highest BCUT2D eigenvalue weighted by Crippen LogP contribution is 2.25. The van der Waals surface area contributed by atoms with Crippen LogP contribution in [0.15, 0.2) is 53.4 Å². The van der Waals surface area contributed by atoms with E-state index in [9.17, 15) is 4.79 Å². The first-order valence-corrected chi connectivity index (χ1v) is 7.51. The number of carbonyl (C=O) groups is 1. The average molecular weight is 287 g/mol. The Hall–Kier alpha value is -1.94. The van der Waals surface area contributed by atoms with E-state index in [0.29, 0.717) is 5.56 Å². The van der Waals surface area contributed by atoms with Gasteiger partial charge in [0.25, 0.3) is 0 Å². The van der Waals surface area contributed by atoms with Gasteiger partial charge in [-0.15, -0.1) is 11.8 Å². The summed E-state index contributed by atoms with van der Waals surface area (Å²) in [6, 6.07) is 15.6. The number of methoxy groups -OCH3 is 1. The highest BCUT2D eigenvalue weighted by molar-refractivity contribution is 7.98. The number of hydrogen-bond acceptors (Lipinski definition) is 4. The van der Waals surface area contributed by atoms with E-state index < -0.39 is 0 Å². The summed E-state index contributed by atoms with van der Waals surface area (Å²) in [6.07, 6.45) is 2.06. The zero-order chi connectivity index (χ0) is 14.4. The first-order chi connectivity index (χ1) is 9.74. The van der Waals surface area contributed by atoms with Crippen LogP contribution in [0.4, 0.5) is 5.69 Å². The fourth-order valence-corrected chi connectivity index (χ4v) is 2.44. The van der Waals surface area contributed by atoms with Gasteiger partial charge in [-0.1, -0.05) is 24.3 Å². The zero-order valence-corrected chi connectivity index (χ0v) is 12.4. The normalized spacial score (nSPS) is 10.1. The van der Waals surface area contributed by atoms with Gasteiger partial charge in [0, 0.05) is 17.1 Å². The van der Waals surface area contributed by atoms with Crippen molar-refractivity contribution in [3.05, 3.63) is 59.7 Å². The predicted molar refractivity (Wildman–Crippen MR) is 83.3 cm³/mol. The van der Waals surface area contributed by atoms with Gasteiger partial charge in [0.05, 0.1) is 12.7 Å². The lowest BCUT2D eigenvalue weighted by molar-refractivity contribution is 0.0600. The van der Waals surface area contributed by atoms with Crippen LogP contribution in [0.25, 0.3) is 0 Å². The number of rotatable bonds is 5. The fourth-order valence-electron chi connectivity index (χ4n) is 1.86. The molecule has 3 nitrogen and oxygen atoms in total. The fraction of sp³-hybridized carbons (Fsp3) is 0.188. The van der Waals surface area contributed by atoms with Gasteiger partial charge in [-0.2, -0.15) is 0 Å². The van der Waals surface area contributed by atoms with Gasteiger partial charge >= 0.3 is 5.97 Å². The smallest absolute Gasteiger partial charge is 0.337 e. The molecule has 0 spiro atoms. The molecule has 0 amide bonds. The number of anilines is 1. The Balaban J connectivity index is 2.02. The van der Waals surface area contributed by atoms with E-state index in [0.717, 1.165) is 17.8 Å². The van der Waals surface area contributed by atoms with Crippen molar-refractivity contribution in [2.45, 2.75) is 11.4 Å². The first-order valence-electron chi connectivity index (χ1n) is 6.28. The molecule has 0 aliphatic heterocycles. The highest BCUT2D eigenvalue weighted by atomic mass is 32.2. The molecule has 104 valence electrons. The Kier molecular flexibility index (Phi) is 5.07. The van der Waals surface area contributed by atoms with E-state index in [1.165, 1.54) is 12.0 Å². The van der Waals surface area contributed by atoms with Gasteiger partial charge in [-0.25, -0.2) is 4.79 Å². The highest BCUT2D eigenvalue weighted by Gasteiger charge is 2.04. The van der Waals surface area contributed by atoms with Crippen molar-refractivity contribution in [1.82, 2.24) is 0 Å². The summed E-state index contributed by atoms with van der Waals surface area (Å²) in [5.74, 6) is -0.308. The van der Waals surface area contributed by atoms with Crippen molar-refractivity contribution in [2.75, 3.05) is 18.7 Å². The molecule has 0 bridgehead atoms. The third-order valence-electron chi connectivity index (χ3n) is 2.96. The summed E-state index contributed by atoms with van der Waals surface area (Å²) >= 11 is 1.72. The van der Waals surface area contributed by atoms with Crippen LogP contribution >= 0.6 is 11.8 Å². The van der Waals surface area contributed by atoms with Crippen molar-refractivity contribution in [3.8, 4) is 0 Å². The zero-order valence-electron chi connectivity index (χ0n) is 11.6. The van der Waals surface area contributed by atoms with Gasteiger partial charge in [-0.05, 0) is 36.1 Å². The van der Waals surface area contributed by atoms with E-state index in [4.69, 9.17) is 0 Å². The van der Waals surface area contributed by atoms with Crippen LogP contribution in [0.3, 0.4) is 0 Å². The topological polar surface area (TPSA) is 38.3 Å². The Bertz CT molecular complexity index is 581. The first kappa shape index (κ1) is 14.5. The summed E-state index contributed by atoms with van der Waals surface area (Å²) in [5.41, 5.74) is 2.81. The van der Waals surface area contributed by atoms with Crippen LogP contribution in [-0.4, -0.2) is 19.3 Å². The molecular weight excluding hydrogens is 270 g/mol. The molecule has 2 rings (SSSR count). The molecule has 0 fully saturated rings. The molecule has 0 saturated heterocycles. The molecule has 0 aliphatic carbocycles. The molecule has 0 aromatic heterocycles. The second-order valence-corrected chi connectivity index (χ2v) is 5.09. The number of carbonyl (C=O) groups excluding carboxylic acids is 1. The summed E-state index contributed by atoms with van der Waals surface area (Å²) in [6.45, 7) is 0.721. The quantitative estimate of drug-likeness (QED) is 0.670. The third kappa shape index (κ3) is 3.54. The minimum absolute atomic E-state index is 0.308. The number of benzene rings is 2. The largest absolute Gasteiger partial charge is 0.465 e. The van der Waals surface area contributed by atoms with Crippen molar-refractivity contribution >= 4 is 23.4 Å². The van der Waals surface area contributed by atoms with Gasteiger partial charge in [0.2, 0.25) is 0 Å². The number of ether oxygens (including phenoxy) is 1. The van der Waals surface area contributed by atoms with Crippen LogP contribution < -0.4 is 5.32 Å². The molecule has 0 atom stereocenters. The van der Waals surface area contributed by atoms with Crippen LogP contribution in [0.1, 0.15) is 15.9 Å². The van der Waals surface area contributed by atoms with E-state index in [1.54, 1.807) is 23.9 Å². The lowest BCUT2D eigenvalue weighted by atomic mass is 10.1. The van der Waals surface area contributed by atoms with Crippen LogP contribution in [0.2, 0.25) is 0 Å². The molecular formula is C16H17NO2S. The Morgan fingerprint density at radius 3 is 2.50 bits per heavy atom. The van der Waals surface area contributed by atoms with E-state index in [-0.39, 0.29) is 5.97 Å². The van der Waals surface area contributed by atoms with E-state index in [1.807, 2.05) is 24.3 Å². The Morgan fingerprint density at radius 2 is 1.85 bits per heavy atom. The Labute approximate surface area is 123 Å². The third-order valence-corrected chi connectivity index (χ3v) is 3.76. The molecule has 2 aromatic carbocycles. The minimum atomic E-state index is -0.308. The number of esters is 1. The van der Waals surface area contributed by atoms with Gasteiger partial charge in [0.1, 0.15) is 0 Å². The monoisotopic (exact) mass is 287 g/mol. The van der Waals surface area contributed by atoms with Crippen LogP contribution in [-0.2, 0) is 11.3 Å². The standard InChI is InChI=1S/C16H17NO2S/c1-19-16(18)13-9-7-12(8-10-13)11-17-14-5-3-4-6-15(14)20-2/h3-10,17H,11H2,1-2H3. The number of nitrogens with one attached hydrogen (secondary N) is 1. The molecule has 0 saturated carbocycles. The maximum Gasteiger partial charge on any atom is 0.337 e. The molecule has 4 heteroatoms. The summed E-state index contributed by atoms with van der Waals surface area (Å²) < 4.78 is 4.68. The number of para-hydroxylation sites is 1. The predicted octanol–water partition coefficient (Wildman–Crippen LogP) is 3.81. The summed E-state index contributed by atoms with van der Waals surface area (Å²) in [7, 11) is 1.39. The van der Waals surface area contributed by atoms with Crippen molar-refractivity contribution in [2.24, 2.45) is 0 Å². The molecule has 2 aromatic rings. The molecule has 0 radical (unpaired) electrons. The molecule has 0 unspecified atom stereocenters. The second-order valence-electron chi connectivity index (χ2n) is 4.24. The molecule has 1 N–H and O–H groups in total. The maximum absolute atomic E-state index is 11.3. The lowest BCUT2D eigenvalue weighted by Crippen LogP contribution is -2.03. The average Bonchev–Trinajstić information content (AvgIpc) is 2.53. The lowest BCUT2D eigenvalue weighted by Gasteiger charge is -2.10. The maximum atomic E-state index is 11.3. The van der Waals surface area contributed by atoms with Crippen molar-refractivity contribution < 1.29 is 9.53 Å². The van der Waals surface area contributed by atoms with Crippen LogP contribution in [0.5, 0.6) is 0 Å². The minimum Gasteiger partial charge on any atom is -0.465 e. The number of thioether (sulfide) groups is 1. The number of hydrogen-bond donors (Lipinski definition) is 1. The second kappa shape index (κ2) is 7.01. The molecule has 0 heterocycles. The van der Waals surface area contributed by atoms with E-state index >= 15 is 0 Å². The van der Waals surface area contributed by atoms with Crippen LogP contribution in [0, 0.1) is 0 Å². The Morgan fingerprint density at radius 1 is 1.15 bits per heavy atom. The summed E-state index contributed by atoms with van der Waals surface area (Å²) in [5, 5.41) is 3.41. The van der Waals surface area contributed by atoms with Crippen molar-refractivity contribution in [3.63, 3.8) is 0 Å². The molecule has 20 heavy (non-hydrogen) atoms. The SMILES string of the molecule is COC(=O)c1ccc(CNc2ccccc2SC)cc1. The van der Waals surface area contributed by atoms with E-state index in [2.05, 4.69) is 28.4 Å².